The zero-order valence-corrected chi connectivity index (χ0v) is 10.2. The van der Waals surface area contributed by atoms with E-state index in [0.717, 1.165) is 12.3 Å². The van der Waals surface area contributed by atoms with Crippen LogP contribution in [0.15, 0.2) is 4.99 Å². The van der Waals surface area contributed by atoms with Crippen LogP contribution in [0.2, 0.25) is 0 Å². The third-order valence-electron chi connectivity index (χ3n) is 2.79. The van der Waals surface area contributed by atoms with Crippen molar-refractivity contribution in [3.8, 4) is 0 Å². The van der Waals surface area contributed by atoms with E-state index in [1.807, 2.05) is 13.8 Å². The molecular formula is C11H18N2O4. The van der Waals surface area contributed by atoms with Gasteiger partial charge >= 0.3 is 5.97 Å². The Balaban J connectivity index is 2.10. The number of Topliss-reactive ketones (excluding diaryl/α,β-unsaturated/α-hetero) is 1. The van der Waals surface area contributed by atoms with Crippen molar-refractivity contribution in [2.75, 3.05) is 26.4 Å². The van der Waals surface area contributed by atoms with Gasteiger partial charge in [0, 0.05) is 13.2 Å². The molecule has 1 N–H and O–H groups in total. The van der Waals surface area contributed by atoms with Gasteiger partial charge in [-0.15, -0.1) is 0 Å². The summed E-state index contributed by atoms with van der Waals surface area (Å²) in [5.74, 6) is -0.384. The average Bonchev–Trinajstić information content (AvgIpc) is 2.33. The van der Waals surface area contributed by atoms with Gasteiger partial charge in [-0.2, -0.15) is 0 Å². The molecule has 6 nitrogen and oxygen atoms in total. The third kappa shape index (κ3) is 2.65. The number of ether oxygens (including phenoxy) is 3. The summed E-state index contributed by atoms with van der Waals surface area (Å²) in [6.45, 7) is 5.00. The zero-order chi connectivity index (χ0) is 12.3. The van der Waals surface area contributed by atoms with Crippen LogP contribution >= 0.6 is 0 Å². The number of nitrogens with zero attached hydrogens (tertiary/aromatic N) is 1. The molecule has 0 aliphatic carbocycles. The molecule has 0 aromatic rings. The molecule has 1 unspecified atom stereocenters. The summed E-state index contributed by atoms with van der Waals surface area (Å²) in [6.07, 6.45) is 0.755. The van der Waals surface area contributed by atoms with Crippen LogP contribution in [0.1, 0.15) is 20.3 Å². The van der Waals surface area contributed by atoms with E-state index in [0.29, 0.717) is 13.2 Å². The SMILES string of the molecule is CCOC1(C2CCN=C(C)N2)OCC(=O)CO1. The number of nitrogens with one attached hydrogen (secondary N) is 1. The quantitative estimate of drug-likeness (QED) is 0.758. The lowest BCUT2D eigenvalue weighted by Crippen LogP contribution is -2.61. The molecule has 0 amide bonds. The summed E-state index contributed by atoms with van der Waals surface area (Å²) >= 11 is 0. The van der Waals surface area contributed by atoms with E-state index in [9.17, 15) is 4.79 Å². The molecule has 2 aliphatic rings. The highest BCUT2D eigenvalue weighted by molar-refractivity contribution is 5.82. The topological polar surface area (TPSA) is 69.1 Å². The van der Waals surface area contributed by atoms with Gasteiger partial charge in [0.05, 0.1) is 5.84 Å². The molecule has 0 radical (unpaired) electrons. The van der Waals surface area contributed by atoms with Crippen molar-refractivity contribution in [3.63, 3.8) is 0 Å². The Morgan fingerprint density at radius 1 is 1.53 bits per heavy atom. The van der Waals surface area contributed by atoms with Crippen LogP contribution < -0.4 is 5.32 Å². The molecule has 2 aliphatic heterocycles. The Bertz CT molecular complexity index is 319. The second-order valence-electron chi connectivity index (χ2n) is 4.11. The van der Waals surface area contributed by atoms with Gasteiger partial charge in [0.1, 0.15) is 19.3 Å². The van der Waals surface area contributed by atoms with Crippen molar-refractivity contribution >= 4 is 11.6 Å². The van der Waals surface area contributed by atoms with Crippen LogP contribution in [0.3, 0.4) is 0 Å². The molecule has 17 heavy (non-hydrogen) atoms. The molecule has 0 aromatic heterocycles. The number of amidine groups is 1. The van der Waals surface area contributed by atoms with E-state index in [2.05, 4.69) is 10.3 Å². The summed E-state index contributed by atoms with van der Waals surface area (Å²) in [6, 6.07) is -0.131. The average molecular weight is 242 g/mol. The van der Waals surface area contributed by atoms with Gasteiger partial charge in [-0.05, 0) is 20.3 Å². The molecular weight excluding hydrogens is 224 g/mol. The molecule has 0 spiro atoms. The minimum absolute atomic E-state index is 0.0361. The van der Waals surface area contributed by atoms with Crippen LogP contribution in [-0.2, 0) is 19.0 Å². The van der Waals surface area contributed by atoms with Crippen LogP contribution in [0.4, 0.5) is 0 Å². The lowest BCUT2D eigenvalue weighted by Gasteiger charge is -2.42. The lowest BCUT2D eigenvalue weighted by molar-refractivity contribution is -0.396. The molecule has 0 saturated carbocycles. The molecule has 1 saturated heterocycles. The van der Waals surface area contributed by atoms with Gasteiger partial charge in [0.15, 0.2) is 5.78 Å². The lowest BCUT2D eigenvalue weighted by atomic mass is 10.1. The van der Waals surface area contributed by atoms with E-state index < -0.39 is 5.97 Å². The smallest absolute Gasteiger partial charge is 0.305 e. The number of aliphatic imine (C=N–C) groups is 1. The Morgan fingerprint density at radius 2 is 2.24 bits per heavy atom. The molecule has 1 atom stereocenters. The molecule has 6 heteroatoms. The van der Waals surface area contributed by atoms with E-state index in [-0.39, 0.29) is 25.0 Å². The van der Waals surface area contributed by atoms with Crippen LogP contribution in [0, 0.1) is 0 Å². The number of carbonyl (C=O) groups is 1. The fraction of sp³-hybridized carbons (Fsp3) is 0.818. The minimum atomic E-state index is -1.15. The predicted molar refractivity (Wildman–Crippen MR) is 60.8 cm³/mol. The van der Waals surface area contributed by atoms with Crippen molar-refractivity contribution in [3.05, 3.63) is 0 Å². The Labute approximate surface area is 100 Å². The van der Waals surface area contributed by atoms with Crippen molar-refractivity contribution in [2.45, 2.75) is 32.3 Å². The third-order valence-corrected chi connectivity index (χ3v) is 2.79. The van der Waals surface area contributed by atoms with Gasteiger partial charge in [0.2, 0.25) is 0 Å². The maximum Gasteiger partial charge on any atom is 0.305 e. The Hall–Kier alpha value is -0.980. The zero-order valence-electron chi connectivity index (χ0n) is 10.2. The summed E-state index contributed by atoms with van der Waals surface area (Å²) < 4.78 is 16.6. The fourth-order valence-corrected chi connectivity index (χ4v) is 2.03. The number of hydrogen-bond donors (Lipinski definition) is 1. The van der Waals surface area contributed by atoms with Crippen LogP contribution in [0.25, 0.3) is 0 Å². The first-order valence-corrected chi connectivity index (χ1v) is 5.87. The number of hydrogen-bond acceptors (Lipinski definition) is 6. The summed E-state index contributed by atoms with van der Waals surface area (Å²) in [7, 11) is 0. The van der Waals surface area contributed by atoms with Crippen molar-refractivity contribution in [1.29, 1.82) is 0 Å². The van der Waals surface area contributed by atoms with Crippen molar-refractivity contribution in [2.24, 2.45) is 4.99 Å². The van der Waals surface area contributed by atoms with Gasteiger partial charge in [-0.1, -0.05) is 0 Å². The highest BCUT2D eigenvalue weighted by Crippen LogP contribution is 2.27. The number of carbonyl (C=O) groups excluding carboxylic acids is 1. The second kappa shape index (κ2) is 5.12. The van der Waals surface area contributed by atoms with Gasteiger partial charge < -0.3 is 19.5 Å². The van der Waals surface area contributed by atoms with Gasteiger partial charge in [-0.25, -0.2) is 0 Å². The monoisotopic (exact) mass is 242 g/mol. The van der Waals surface area contributed by atoms with Gasteiger partial charge in [-0.3, -0.25) is 9.79 Å². The highest BCUT2D eigenvalue weighted by atomic mass is 16.9. The maximum absolute atomic E-state index is 11.2. The largest absolute Gasteiger partial charge is 0.363 e. The van der Waals surface area contributed by atoms with E-state index in [4.69, 9.17) is 14.2 Å². The standard InChI is InChI=1S/C11H18N2O4/c1-3-15-11(16-6-9(14)7-17-11)10-4-5-12-8(2)13-10/h10H,3-7H2,1-2H3,(H,12,13). The first kappa shape index (κ1) is 12.5. The first-order chi connectivity index (χ1) is 8.16. The Morgan fingerprint density at radius 3 is 2.82 bits per heavy atom. The van der Waals surface area contributed by atoms with Crippen molar-refractivity contribution in [1.82, 2.24) is 5.32 Å². The fourth-order valence-electron chi connectivity index (χ4n) is 2.03. The normalized spacial score (nSPS) is 28.5. The van der Waals surface area contributed by atoms with E-state index in [1.165, 1.54) is 0 Å². The van der Waals surface area contributed by atoms with Gasteiger partial charge in [0.25, 0.3) is 0 Å². The molecule has 0 aromatic carbocycles. The maximum atomic E-state index is 11.2. The summed E-state index contributed by atoms with van der Waals surface area (Å²) in [5.41, 5.74) is 0. The highest BCUT2D eigenvalue weighted by Gasteiger charge is 2.46. The van der Waals surface area contributed by atoms with Crippen LogP contribution in [-0.4, -0.2) is 50.0 Å². The molecule has 1 fully saturated rings. The number of rotatable bonds is 3. The molecule has 2 rings (SSSR count). The van der Waals surface area contributed by atoms with Crippen molar-refractivity contribution < 1.29 is 19.0 Å². The summed E-state index contributed by atoms with van der Waals surface area (Å²) in [4.78, 5) is 15.4. The Kier molecular flexibility index (Phi) is 3.76. The van der Waals surface area contributed by atoms with E-state index >= 15 is 0 Å². The van der Waals surface area contributed by atoms with Crippen LogP contribution in [0.5, 0.6) is 0 Å². The molecule has 2 heterocycles. The predicted octanol–water partition coefficient (Wildman–Crippen LogP) is 0.0729. The first-order valence-electron chi connectivity index (χ1n) is 5.87. The molecule has 96 valence electrons. The number of ketones is 1. The second-order valence-corrected chi connectivity index (χ2v) is 4.11. The minimum Gasteiger partial charge on any atom is -0.363 e. The summed E-state index contributed by atoms with van der Waals surface area (Å²) in [5, 5.41) is 3.19. The molecule has 0 bridgehead atoms. The van der Waals surface area contributed by atoms with E-state index in [1.54, 1.807) is 0 Å².